The van der Waals surface area contributed by atoms with Crippen LogP contribution < -0.4 is 9.64 Å². The van der Waals surface area contributed by atoms with Gasteiger partial charge in [0.15, 0.2) is 5.78 Å². The highest BCUT2D eigenvalue weighted by molar-refractivity contribution is 6.01. The second-order valence-electron chi connectivity index (χ2n) is 8.37. The number of hydrogen-bond acceptors (Lipinski definition) is 4. The van der Waals surface area contributed by atoms with Crippen LogP contribution in [-0.2, 0) is 4.74 Å². The maximum absolute atomic E-state index is 14.5. The molecule has 1 atom stereocenters. The highest BCUT2D eigenvalue weighted by atomic mass is 19.1. The van der Waals surface area contributed by atoms with Gasteiger partial charge in [-0.05, 0) is 49.1 Å². The predicted octanol–water partition coefficient (Wildman–Crippen LogP) is 5.38. The lowest BCUT2D eigenvalue weighted by Crippen LogP contribution is -2.37. The van der Waals surface area contributed by atoms with Crippen LogP contribution in [0.2, 0.25) is 0 Å². The molecule has 4 nitrogen and oxygen atoms in total. The fourth-order valence-electron chi connectivity index (χ4n) is 4.23. The molecule has 2 aliphatic heterocycles. The molecule has 154 valence electrons. The molecule has 4 rings (SSSR count). The Morgan fingerprint density at radius 3 is 2.62 bits per heavy atom. The van der Waals surface area contributed by atoms with Crippen molar-refractivity contribution in [2.24, 2.45) is 11.8 Å². The molecule has 1 fully saturated rings. The third kappa shape index (κ3) is 4.30. The average molecular weight is 397 g/mol. The Hall–Kier alpha value is -2.40. The molecule has 1 saturated heterocycles. The van der Waals surface area contributed by atoms with E-state index in [1.165, 1.54) is 6.07 Å². The molecule has 2 aromatic rings. The van der Waals surface area contributed by atoms with Gasteiger partial charge in [0.25, 0.3) is 0 Å². The first-order valence-corrected chi connectivity index (χ1v) is 10.5. The van der Waals surface area contributed by atoms with E-state index >= 15 is 0 Å². The number of ketones is 1. The summed E-state index contributed by atoms with van der Waals surface area (Å²) in [6.07, 6.45) is 2.18. The van der Waals surface area contributed by atoms with Gasteiger partial charge in [0, 0.05) is 37.8 Å². The zero-order valence-corrected chi connectivity index (χ0v) is 17.1. The van der Waals surface area contributed by atoms with Crippen LogP contribution in [0.5, 0.6) is 5.75 Å². The molecule has 2 aliphatic rings. The summed E-state index contributed by atoms with van der Waals surface area (Å²) in [7, 11) is 0. The Balaban J connectivity index is 1.63. The SMILES string of the molecule is CC(C)CN(c1ccc2c(c1)C(=O)CC(C1CCOCC1)O2)c1ccccc1F. The van der Waals surface area contributed by atoms with Crippen molar-refractivity contribution in [1.82, 2.24) is 0 Å². The number of anilines is 2. The van der Waals surface area contributed by atoms with Crippen molar-refractivity contribution in [2.75, 3.05) is 24.7 Å². The summed E-state index contributed by atoms with van der Waals surface area (Å²) in [6.45, 7) is 6.31. The fraction of sp³-hybridized carbons (Fsp3) is 0.458. The lowest BCUT2D eigenvalue weighted by atomic mass is 9.87. The monoisotopic (exact) mass is 397 g/mol. The number of hydrogen-bond donors (Lipinski definition) is 0. The van der Waals surface area contributed by atoms with Crippen LogP contribution >= 0.6 is 0 Å². The van der Waals surface area contributed by atoms with Gasteiger partial charge in [-0.15, -0.1) is 0 Å². The highest BCUT2D eigenvalue weighted by Crippen LogP contribution is 2.37. The van der Waals surface area contributed by atoms with Gasteiger partial charge in [0.05, 0.1) is 11.3 Å². The van der Waals surface area contributed by atoms with Gasteiger partial charge in [-0.3, -0.25) is 4.79 Å². The summed E-state index contributed by atoms with van der Waals surface area (Å²) in [6, 6.07) is 12.4. The van der Waals surface area contributed by atoms with Gasteiger partial charge in [0.1, 0.15) is 17.7 Å². The molecule has 5 heteroatoms. The summed E-state index contributed by atoms with van der Waals surface area (Å²) in [4.78, 5) is 14.9. The topological polar surface area (TPSA) is 38.8 Å². The van der Waals surface area contributed by atoms with Crippen LogP contribution in [0.4, 0.5) is 15.8 Å². The minimum absolute atomic E-state index is 0.0805. The first-order valence-electron chi connectivity index (χ1n) is 10.5. The molecule has 0 bridgehead atoms. The third-order valence-electron chi connectivity index (χ3n) is 5.72. The summed E-state index contributed by atoms with van der Waals surface area (Å²) < 4.78 is 26.2. The van der Waals surface area contributed by atoms with Crippen molar-refractivity contribution in [3.8, 4) is 5.75 Å². The van der Waals surface area contributed by atoms with E-state index in [1.54, 1.807) is 12.1 Å². The molecule has 29 heavy (non-hydrogen) atoms. The number of carbonyl (C=O) groups is 1. The molecule has 0 amide bonds. The van der Waals surface area contributed by atoms with Crippen LogP contribution in [0.15, 0.2) is 42.5 Å². The molecular weight excluding hydrogens is 369 g/mol. The second-order valence-corrected chi connectivity index (χ2v) is 8.37. The number of para-hydroxylation sites is 1. The van der Waals surface area contributed by atoms with Crippen LogP contribution in [0.1, 0.15) is 43.5 Å². The molecule has 0 aromatic heterocycles. The Bertz CT molecular complexity index is 876. The lowest BCUT2D eigenvalue weighted by molar-refractivity contribution is 0.0120. The molecule has 0 aliphatic carbocycles. The quantitative estimate of drug-likeness (QED) is 0.679. The summed E-state index contributed by atoms with van der Waals surface area (Å²) in [5.41, 5.74) is 1.92. The number of carbonyl (C=O) groups excluding carboxylic acids is 1. The van der Waals surface area contributed by atoms with Gasteiger partial charge in [-0.2, -0.15) is 0 Å². The predicted molar refractivity (Wildman–Crippen MR) is 112 cm³/mol. The van der Waals surface area contributed by atoms with E-state index in [2.05, 4.69) is 13.8 Å². The van der Waals surface area contributed by atoms with Gasteiger partial charge < -0.3 is 14.4 Å². The lowest BCUT2D eigenvalue weighted by Gasteiger charge is -2.34. The van der Waals surface area contributed by atoms with E-state index in [0.29, 0.717) is 41.8 Å². The molecule has 2 aromatic carbocycles. The third-order valence-corrected chi connectivity index (χ3v) is 5.72. The number of rotatable bonds is 5. The van der Waals surface area contributed by atoms with Crippen molar-refractivity contribution in [1.29, 1.82) is 0 Å². The van der Waals surface area contributed by atoms with Crippen molar-refractivity contribution in [3.63, 3.8) is 0 Å². The summed E-state index contributed by atoms with van der Waals surface area (Å²) in [5.74, 6) is 1.15. The van der Waals surface area contributed by atoms with Gasteiger partial charge in [-0.1, -0.05) is 26.0 Å². The van der Waals surface area contributed by atoms with Crippen LogP contribution in [0, 0.1) is 17.7 Å². The largest absolute Gasteiger partial charge is 0.489 e. The zero-order chi connectivity index (χ0) is 20.4. The second kappa shape index (κ2) is 8.54. The van der Waals surface area contributed by atoms with Crippen molar-refractivity contribution < 1.29 is 18.7 Å². The number of nitrogens with zero attached hydrogens (tertiary/aromatic N) is 1. The van der Waals surface area contributed by atoms with Gasteiger partial charge >= 0.3 is 0 Å². The maximum Gasteiger partial charge on any atom is 0.170 e. The van der Waals surface area contributed by atoms with E-state index in [9.17, 15) is 9.18 Å². The first-order chi connectivity index (χ1) is 14.0. The number of benzene rings is 2. The molecular formula is C24H28FNO3. The minimum atomic E-state index is -0.270. The Kier molecular flexibility index (Phi) is 5.86. The molecule has 0 saturated carbocycles. The van der Waals surface area contributed by atoms with Gasteiger partial charge in [-0.25, -0.2) is 4.39 Å². The Labute approximate surface area is 171 Å². The van der Waals surface area contributed by atoms with Crippen molar-refractivity contribution in [3.05, 3.63) is 53.8 Å². The molecule has 0 N–H and O–H groups in total. The molecule has 2 heterocycles. The van der Waals surface area contributed by atoms with Crippen LogP contribution in [0.3, 0.4) is 0 Å². The minimum Gasteiger partial charge on any atom is -0.489 e. The number of halogens is 1. The normalized spacial score (nSPS) is 19.7. The standard InChI is InChI=1S/C24H28FNO3/c1-16(2)15-26(21-6-4-3-5-20(21)25)18-7-8-23-19(13-18)22(27)14-24(29-23)17-9-11-28-12-10-17/h3-8,13,16-17,24H,9-12,14-15H2,1-2H3. The van der Waals surface area contributed by atoms with E-state index < -0.39 is 0 Å². The average Bonchev–Trinajstić information content (AvgIpc) is 2.73. The zero-order valence-electron chi connectivity index (χ0n) is 17.1. The van der Waals surface area contributed by atoms with E-state index in [-0.39, 0.29) is 17.7 Å². The first kappa shape index (κ1) is 19.9. The van der Waals surface area contributed by atoms with Crippen LogP contribution in [-0.4, -0.2) is 31.6 Å². The highest BCUT2D eigenvalue weighted by Gasteiger charge is 2.33. The number of ether oxygens (including phenoxy) is 2. The van der Waals surface area contributed by atoms with E-state index in [4.69, 9.17) is 9.47 Å². The molecule has 0 spiro atoms. The maximum atomic E-state index is 14.5. The number of fused-ring (bicyclic) bond motifs is 1. The van der Waals surface area contributed by atoms with Crippen molar-refractivity contribution >= 4 is 17.2 Å². The van der Waals surface area contributed by atoms with Gasteiger partial charge in [0.2, 0.25) is 0 Å². The Morgan fingerprint density at radius 2 is 1.90 bits per heavy atom. The molecule has 0 radical (unpaired) electrons. The van der Waals surface area contributed by atoms with Crippen molar-refractivity contribution in [2.45, 2.75) is 39.2 Å². The fourth-order valence-corrected chi connectivity index (χ4v) is 4.23. The van der Waals surface area contributed by atoms with Crippen LogP contribution in [0.25, 0.3) is 0 Å². The van der Waals surface area contributed by atoms with E-state index in [0.717, 1.165) is 31.7 Å². The summed E-state index contributed by atoms with van der Waals surface area (Å²) in [5, 5.41) is 0. The molecule has 1 unspecified atom stereocenters. The van der Waals surface area contributed by atoms with E-state index in [1.807, 2.05) is 29.2 Å². The summed E-state index contributed by atoms with van der Waals surface area (Å²) >= 11 is 0. The Morgan fingerprint density at radius 1 is 1.14 bits per heavy atom. The smallest absolute Gasteiger partial charge is 0.170 e. The number of Topliss-reactive ketones (excluding diaryl/α,β-unsaturated/α-hetero) is 1.